The Hall–Kier alpha value is -1.16. The highest BCUT2D eigenvalue weighted by atomic mass is 35.5. The third-order valence-corrected chi connectivity index (χ3v) is 4.93. The van der Waals surface area contributed by atoms with Crippen LogP contribution in [-0.4, -0.2) is 19.5 Å². The highest BCUT2D eigenvalue weighted by molar-refractivity contribution is 6.28. The molecule has 0 spiro atoms. The second-order valence-corrected chi connectivity index (χ2v) is 6.50. The number of hydrogen-bond acceptors (Lipinski definition) is 3. The van der Waals surface area contributed by atoms with Gasteiger partial charge in [0.2, 0.25) is 5.28 Å². The average Bonchev–Trinajstić information content (AvgIpc) is 2.82. The van der Waals surface area contributed by atoms with Gasteiger partial charge in [-0.3, -0.25) is 0 Å². The first-order chi connectivity index (χ1) is 9.56. The van der Waals surface area contributed by atoms with Crippen LogP contribution in [0.4, 0.5) is 0 Å². The SMILES string of the molecule is Cc1nc(Cl)nc2ncn(C(C)C3CCC(C)CC3)c12. The fourth-order valence-corrected chi connectivity index (χ4v) is 3.60. The van der Waals surface area contributed by atoms with Crippen molar-refractivity contribution in [2.24, 2.45) is 11.8 Å². The third kappa shape index (κ3) is 2.41. The third-order valence-electron chi connectivity index (χ3n) is 4.76. The summed E-state index contributed by atoms with van der Waals surface area (Å²) in [5, 5.41) is 0.277. The van der Waals surface area contributed by atoms with Crippen LogP contribution in [0.25, 0.3) is 11.2 Å². The standard InChI is InChI=1S/C15H21ClN4/c1-9-4-6-12(7-5-9)11(3)20-8-17-14-13(20)10(2)18-15(16)19-14/h8-9,11-12H,4-7H2,1-3H3. The number of rotatable bonds is 2. The molecule has 2 aromatic rings. The number of fused-ring (bicyclic) bond motifs is 1. The van der Waals surface area contributed by atoms with E-state index in [2.05, 4.69) is 33.4 Å². The lowest BCUT2D eigenvalue weighted by molar-refractivity contribution is 0.227. The second-order valence-electron chi connectivity index (χ2n) is 6.16. The molecule has 0 N–H and O–H groups in total. The van der Waals surface area contributed by atoms with Gasteiger partial charge in [0.25, 0.3) is 0 Å². The molecule has 1 aliphatic carbocycles. The van der Waals surface area contributed by atoms with E-state index in [4.69, 9.17) is 11.6 Å². The molecule has 1 atom stereocenters. The fourth-order valence-electron chi connectivity index (χ4n) is 3.39. The van der Waals surface area contributed by atoms with E-state index in [-0.39, 0.29) is 5.28 Å². The molecule has 0 saturated heterocycles. The number of hydrogen-bond donors (Lipinski definition) is 0. The molecule has 1 unspecified atom stereocenters. The van der Waals surface area contributed by atoms with Gasteiger partial charge in [0.15, 0.2) is 5.65 Å². The Morgan fingerprint density at radius 2 is 1.95 bits per heavy atom. The van der Waals surface area contributed by atoms with Crippen molar-refractivity contribution in [2.45, 2.75) is 52.5 Å². The van der Waals surface area contributed by atoms with E-state index in [1.165, 1.54) is 25.7 Å². The molecule has 4 nitrogen and oxygen atoms in total. The molecule has 108 valence electrons. The van der Waals surface area contributed by atoms with Gasteiger partial charge >= 0.3 is 0 Å². The summed E-state index contributed by atoms with van der Waals surface area (Å²) < 4.78 is 2.24. The van der Waals surface area contributed by atoms with Crippen molar-refractivity contribution in [3.63, 3.8) is 0 Å². The molecular formula is C15H21ClN4. The van der Waals surface area contributed by atoms with Crippen molar-refractivity contribution < 1.29 is 0 Å². The summed E-state index contributed by atoms with van der Waals surface area (Å²) in [7, 11) is 0. The summed E-state index contributed by atoms with van der Waals surface area (Å²) in [4.78, 5) is 12.9. The van der Waals surface area contributed by atoms with Gasteiger partial charge in [-0.1, -0.05) is 19.8 Å². The molecule has 3 rings (SSSR count). The van der Waals surface area contributed by atoms with Gasteiger partial charge in [0.1, 0.15) is 5.52 Å². The van der Waals surface area contributed by atoms with E-state index in [0.29, 0.717) is 11.7 Å². The summed E-state index contributed by atoms with van der Waals surface area (Å²) in [5.74, 6) is 1.60. The van der Waals surface area contributed by atoms with Crippen molar-refractivity contribution in [2.75, 3.05) is 0 Å². The lowest BCUT2D eigenvalue weighted by Crippen LogP contribution is -2.21. The van der Waals surface area contributed by atoms with Crippen molar-refractivity contribution in [1.82, 2.24) is 19.5 Å². The number of aryl methyl sites for hydroxylation is 1. The highest BCUT2D eigenvalue weighted by Gasteiger charge is 2.26. The molecule has 0 radical (unpaired) electrons. The zero-order valence-corrected chi connectivity index (χ0v) is 13.1. The molecule has 2 aromatic heterocycles. The van der Waals surface area contributed by atoms with E-state index in [1.54, 1.807) is 0 Å². The van der Waals surface area contributed by atoms with Crippen molar-refractivity contribution in [3.8, 4) is 0 Å². The van der Waals surface area contributed by atoms with Crippen LogP contribution in [0.1, 0.15) is 51.3 Å². The number of nitrogens with zero attached hydrogens (tertiary/aromatic N) is 4. The van der Waals surface area contributed by atoms with Crippen LogP contribution in [0.3, 0.4) is 0 Å². The largest absolute Gasteiger partial charge is 0.325 e. The van der Waals surface area contributed by atoms with Gasteiger partial charge in [0, 0.05) is 6.04 Å². The van der Waals surface area contributed by atoms with Gasteiger partial charge in [-0.2, -0.15) is 4.98 Å². The Balaban J connectivity index is 1.94. The predicted octanol–water partition coefficient (Wildman–Crippen LogP) is 4.18. The first-order valence-electron chi connectivity index (χ1n) is 7.43. The van der Waals surface area contributed by atoms with Crippen LogP contribution < -0.4 is 0 Å². The molecule has 5 heteroatoms. The first kappa shape index (κ1) is 13.8. The van der Waals surface area contributed by atoms with Gasteiger partial charge in [-0.25, -0.2) is 9.97 Å². The number of halogens is 1. The van der Waals surface area contributed by atoms with E-state index in [1.807, 2.05) is 13.3 Å². The fraction of sp³-hybridized carbons (Fsp3) is 0.667. The minimum atomic E-state index is 0.277. The molecule has 0 aromatic carbocycles. The van der Waals surface area contributed by atoms with E-state index >= 15 is 0 Å². The molecule has 0 aliphatic heterocycles. The quantitative estimate of drug-likeness (QED) is 0.780. The van der Waals surface area contributed by atoms with E-state index in [9.17, 15) is 0 Å². The van der Waals surface area contributed by atoms with E-state index in [0.717, 1.165) is 23.0 Å². The normalized spacial score (nSPS) is 25.0. The number of aromatic nitrogens is 4. The average molecular weight is 293 g/mol. The molecule has 2 heterocycles. The van der Waals surface area contributed by atoms with E-state index < -0.39 is 0 Å². The maximum absolute atomic E-state index is 5.91. The van der Waals surface area contributed by atoms with Gasteiger partial charge in [-0.15, -0.1) is 0 Å². The van der Waals surface area contributed by atoms with Crippen molar-refractivity contribution >= 4 is 22.8 Å². The molecule has 1 aliphatic rings. The zero-order chi connectivity index (χ0) is 14.3. The van der Waals surface area contributed by atoms with Crippen molar-refractivity contribution in [1.29, 1.82) is 0 Å². The summed E-state index contributed by atoms with van der Waals surface area (Å²) in [6, 6.07) is 0.441. The van der Waals surface area contributed by atoms with Gasteiger partial charge in [0.05, 0.1) is 12.0 Å². The molecule has 0 amide bonds. The molecular weight excluding hydrogens is 272 g/mol. The highest BCUT2D eigenvalue weighted by Crippen LogP contribution is 2.36. The van der Waals surface area contributed by atoms with Gasteiger partial charge in [-0.05, 0) is 50.1 Å². The maximum atomic E-state index is 5.91. The monoisotopic (exact) mass is 292 g/mol. The second kappa shape index (κ2) is 5.32. The van der Waals surface area contributed by atoms with Crippen LogP contribution in [0.5, 0.6) is 0 Å². The van der Waals surface area contributed by atoms with Gasteiger partial charge < -0.3 is 4.57 Å². The minimum Gasteiger partial charge on any atom is -0.325 e. The Morgan fingerprint density at radius 3 is 2.65 bits per heavy atom. The maximum Gasteiger partial charge on any atom is 0.224 e. The Morgan fingerprint density at radius 1 is 1.25 bits per heavy atom. The molecule has 20 heavy (non-hydrogen) atoms. The predicted molar refractivity (Wildman–Crippen MR) is 80.9 cm³/mol. The van der Waals surface area contributed by atoms with Crippen LogP contribution in [0.15, 0.2) is 6.33 Å². The number of imidazole rings is 1. The Labute approximate surface area is 124 Å². The summed E-state index contributed by atoms with van der Waals surface area (Å²) in [6.45, 7) is 6.62. The van der Waals surface area contributed by atoms with Crippen LogP contribution >= 0.6 is 11.6 Å². The van der Waals surface area contributed by atoms with Crippen LogP contribution in [0.2, 0.25) is 5.28 Å². The lowest BCUT2D eigenvalue weighted by Gasteiger charge is -2.31. The molecule has 1 fully saturated rings. The lowest BCUT2D eigenvalue weighted by atomic mass is 9.79. The molecule has 0 bridgehead atoms. The minimum absolute atomic E-state index is 0.277. The molecule has 1 saturated carbocycles. The Kier molecular flexibility index (Phi) is 3.67. The summed E-state index contributed by atoms with van der Waals surface area (Å²) in [5.41, 5.74) is 2.65. The van der Waals surface area contributed by atoms with Crippen LogP contribution in [0, 0.1) is 18.8 Å². The smallest absolute Gasteiger partial charge is 0.224 e. The zero-order valence-electron chi connectivity index (χ0n) is 12.3. The Bertz CT molecular complexity index is 614. The first-order valence-corrected chi connectivity index (χ1v) is 7.80. The topological polar surface area (TPSA) is 43.6 Å². The summed E-state index contributed by atoms with van der Waals surface area (Å²) in [6.07, 6.45) is 7.17. The summed E-state index contributed by atoms with van der Waals surface area (Å²) >= 11 is 5.91. The van der Waals surface area contributed by atoms with Crippen molar-refractivity contribution in [3.05, 3.63) is 17.3 Å². The van der Waals surface area contributed by atoms with Crippen LogP contribution in [-0.2, 0) is 0 Å².